The quantitative estimate of drug-likeness (QED) is 0.609. The summed E-state index contributed by atoms with van der Waals surface area (Å²) in [7, 11) is 0. The van der Waals surface area contributed by atoms with Crippen molar-refractivity contribution < 1.29 is 20.1 Å². The van der Waals surface area contributed by atoms with Crippen LogP contribution in [-0.4, -0.2) is 33.5 Å². The smallest absolute Gasteiger partial charge is 0.309 e. The van der Waals surface area contributed by atoms with Crippen molar-refractivity contribution in [2.75, 3.05) is 0 Å². The monoisotopic (exact) mass is 288 g/mol. The molecule has 0 bridgehead atoms. The standard InChI is InChI=1S/C16H32O4/c1-15(2,3)10-8-12(17)6-7-13(18)9-11-16(4,5)14(19)20/h12-13,17-18H,6-11H2,1-5H3,(H,19,20). The van der Waals surface area contributed by atoms with Crippen molar-refractivity contribution in [2.45, 2.75) is 85.4 Å². The zero-order chi connectivity index (χ0) is 16.0. The molecular weight excluding hydrogens is 256 g/mol. The molecule has 0 heterocycles. The molecule has 0 aliphatic heterocycles. The molecule has 0 aliphatic rings. The van der Waals surface area contributed by atoms with Crippen molar-refractivity contribution in [2.24, 2.45) is 10.8 Å². The lowest BCUT2D eigenvalue weighted by atomic mass is 9.85. The number of aliphatic hydroxyl groups is 2. The predicted molar refractivity (Wildman–Crippen MR) is 80.6 cm³/mol. The number of hydrogen-bond acceptors (Lipinski definition) is 3. The summed E-state index contributed by atoms with van der Waals surface area (Å²) in [5, 5.41) is 28.7. The van der Waals surface area contributed by atoms with E-state index in [1.807, 2.05) is 0 Å². The Bertz CT molecular complexity index is 291. The fourth-order valence-electron chi connectivity index (χ4n) is 1.91. The van der Waals surface area contributed by atoms with Gasteiger partial charge in [-0.05, 0) is 57.8 Å². The summed E-state index contributed by atoms with van der Waals surface area (Å²) < 4.78 is 0. The minimum Gasteiger partial charge on any atom is -0.481 e. The van der Waals surface area contributed by atoms with Crippen LogP contribution in [0.1, 0.15) is 73.1 Å². The molecule has 0 aromatic carbocycles. The molecule has 0 radical (unpaired) electrons. The van der Waals surface area contributed by atoms with Gasteiger partial charge in [-0.25, -0.2) is 0 Å². The second-order valence-electron chi connectivity index (χ2n) is 7.71. The van der Waals surface area contributed by atoms with Crippen molar-refractivity contribution in [1.82, 2.24) is 0 Å². The molecule has 0 saturated heterocycles. The SMILES string of the molecule is CC(C)(C)CCC(O)CCC(O)CCC(C)(C)C(=O)O. The Morgan fingerprint density at radius 3 is 1.60 bits per heavy atom. The zero-order valence-corrected chi connectivity index (χ0v) is 13.6. The fraction of sp³-hybridized carbons (Fsp3) is 0.938. The average Bonchev–Trinajstić information content (AvgIpc) is 2.30. The third kappa shape index (κ3) is 9.32. The molecule has 4 nitrogen and oxygen atoms in total. The summed E-state index contributed by atoms with van der Waals surface area (Å²) in [6, 6.07) is 0. The third-order valence-electron chi connectivity index (χ3n) is 3.74. The van der Waals surface area contributed by atoms with Gasteiger partial charge in [-0.2, -0.15) is 0 Å². The van der Waals surface area contributed by atoms with Gasteiger partial charge in [0, 0.05) is 0 Å². The van der Waals surface area contributed by atoms with Crippen molar-refractivity contribution in [3.63, 3.8) is 0 Å². The van der Waals surface area contributed by atoms with Crippen LogP contribution in [0.3, 0.4) is 0 Å². The lowest BCUT2D eigenvalue weighted by Crippen LogP contribution is -2.25. The Hall–Kier alpha value is -0.610. The Labute approximate surface area is 123 Å². The van der Waals surface area contributed by atoms with E-state index < -0.39 is 17.5 Å². The Morgan fingerprint density at radius 2 is 1.25 bits per heavy atom. The molecule has 3 N–H and O–H groups in total. The fourth-order valence-corrected chi connectivity index (χ4v) is 1.91. The number of carboxylic acid groups (broad SMARTS) is 1. The highest BCUT2D eigenvalue weighted by molar-refractivity contribution is 5.73. The summed E-state index contributed by atoms with van der Waals surface area (Å²) in [5.41, 5.74) is -0.586. The van der Waals surface area contributed by atoms with E-state index in [0.29, 0.717) is 25.7 Å². The van der Waals surface area contributed by atoms with E-state index in [9.17, 15) is 15.0 Å². The van der Waals surface area contributed by atoms with Crippen molar-refractivity contribution in [3.05, 3.63) is 0 Å². The van der Waals surface area contributed by atoms with Gasteiger partial charge in [0.05, 0.1) is 17.6 Å². The molecule has 0 fully saturated rings. The maximum absolute atomic E-state index is 11.0. The van der Waals surface area contributed by atoms with Crippen LogP contribution in [0.2, 0.25) is 0 Å². The Kier molecular flexibility index (Phi) is 7.74. The van der Waals surface area contributed by atoms with Gasteiger partial charge in [0.2, 0.25) is 0 Å². The van der Waals surface area contributed by atoms with Crippen LogP contribution in [0.4, 0.5) is 0 Å². The number of carbonyl (C=O) groups is 1. The first kappa shape index (κ1) is 19.4. The highest BCUT2D eigenvalue weighted by atomic mass is 16.4. The lowest BCUT2D eigenvalue weighted by Gasteiger charge is -2.22. The molecule has 0 aromatic rings. The van der Waals surface area contributed by atoms with Gasteiger partial charge in [0.15, 0.2) is 0 Å². The van der Waals surface area contributed by atoms with Crippen LogP contribution < -0.4 is 0 Å². The van der Waals surface area contributed by atoms with Gasteiger partial charge >= 0.3 is 5.97 Å². The largest absolute Gasteiger partial charge is 0.481 e. The Balaban J connectivity index is 3.88. The number of aliphatic carboxylic acids is 1. The van der Waals surface area contributed by atoms with Crippen LogP contribution in [-0.2, 0) is 4.79 Å². The first-order valence-electron chi connectivity index (χ1n) is 7.53. The van der Waals surface area contributed by atoms with Crippen LogP contribution >= 0.6 is 0 Å². The zero-order valence-electron chi connectivity index (χ0n) is 13.6. The number of carboxylic acids is 1. The molecule has 20 heavy (non-hydrogen) atoms. The second kappa shape index (κ2) is 7.99. The van der Waals surface area contributed by atoms with E-state index in [2.05, 4.69) is 20.8 Å². The molecule has 4 heteroatoms. The number of hydrogen-bond donors (Lipinski definition) is 3. The first-order valence-corrected chi connectivity index (χ1v) is 7.53. The van der Waals surface area contributed by atoms with E-state index in [1.54, 1.807) is 13.8 Å². The normalized spacial score (nSPS) is 15.9. The molecule has 0 aromatic heterocycles. The third-order valence-corrected chi connectivity index (χ3v) is 3.74. The first-order chi connectivity index (χ1) is 8.94. The molecule has 0 aliphatic carbocycles. The topological polar surface area (TPSA) is 77.8 Å². The van der Waals surface area contributed by atoms with E-state index in [-0.39, 0.29) is 11.5 Å². The van der Waals surface area contributed by atoms with E-state index in [1.165, 1.54) is 0 Å². The van der Waals surface area contributed by atoms with Gasteiger partial charge < -0.3 is 15.3 Å². The lowest BCUT2D eigenvalue weighted by molar-refractivity contribution is -0.147. The molecule has 120 valence electrons. The molecule has 0 amide bonds. The van der Waals surface area contributed by atoms with Gasteiger partial charge in [0.1, 0.15) is 0 Å². The molecule has 0 saturated carbocycles. The molecule has 2 atom stereocenters. The predicted octanol–water partition coefficient (Wildman–Crippen LogP) is 3.21. The maximum Gasteiger partial charge on any atom is 0.309 e. The molecular formula is C16H32O4. The average molecular weight is 288 g/mol. The molecule has 0 rings (SSSR count). The highest BCUT2D eigenvalue weighted by Gasteiger charge is 2.27. The summed E-state index contributed by atoms with van der Waals surface area (Å²) in [6.07, 6.45) is 2.81. The summed E-state index contributed by atoms with van der Waals surface area (Å²) >= 11 is 0. The van der Waals surface area contributed by atoms with Crippen molar-refractivity contribution >= 4 is 5.97 Å². The second-order valence-corrected chi connectivity index (χ2v) is 7.71. The summed E-state index contributed by atoms with van der Waals surface area (Å²) in [5.74, 6) is -0.838. The number of aliphatic hydroxyl groups excluding tert-OH is 2. The minimum atomic E-state index is -0.838. The van der Waals surface area contributed by atoms with Crippen LogP contribution in [0, 0.1) is 10.8 Å². The van der Waals surface area contributed by atoms with Crippen LogP contribution in [0.25, 0.3) is 0 Å². The molecule has 0 spiro atoms. The van der Waals surface area contributed by atoms with Crippen molar-refractivity contribution in [3.8, 4) is 0 Å². The van der Waals surface area contributed by atoms with E-state index in [4.69, 9.17) is 5.11 Å². The van der Waals surface area contributed by atoms with Gasteiger partial charge in [-0.3, -0.25) is 4.79 Å². The van der Waals surface area contributed by atoms with Crippen LogP contribution in [0.15, 0.2) is 0 Å². The van der Waals surface area contributed by atoms with E-state index >= 15 is 0 Å². The van der Waals surface area contributed by atoms with Gasteiger partial charge in [-0.1, -0.05) is 20.8 Å². The maximum atomic E-state index is 11.0. The van der Waals surface area contributed by atoms with Gasteiger partial charge in [0.25, 0.3) is 0 Å². The van der Waals surface area contributed by atoms with E-state index in [0.717, 1.165) is 12.8 Å². The Morgan fingerprint density at radius 1 is 0.850 bits per heavy atom. The van der Waals surface area contributed by atoms with Crippen LogP contribution in [0.5, 0.6) is 0 Å². The summed E-state index contributed by atoms with van der Waals surface area (Å²) in [4.78, 5) is 11.0. The molecule has 2 unspecified atom stereocenters. The minimum absolute atomic E-state index is 0.213. The summed E-state index contributed by atoms with van der Waals surface area (Å²) in [6.45, 7) is 9.76. The van der Waals surface area contributed by atoms with Crippen molar-refractivity contribution in [1.29, 1.82) is 0 Å². The highest BCUT2D eigenvalue weighted by Crippen LogP contribution is 2.25. The van der Waals surface area contributed by atoms with Gasteiger partial charge in [-0.15, -0.1) is 0 Å². The number of rotatable bonds is 9.